The monoisotopic (exact) mass is 334 g/mol. The van der Waals surface area contributed by atoms with Crippen molar-refractivity contribution >= 4 is 17.5 Å². The molecule has 23 heavy (non-hydrogen) atoms. The van der Waals surface area contributed by atoms with Crippen molar-refractivity contribution in [2.45, 2.75) is 32.2 Å². The SMILES string of the molecule is CCn1ccnc1C1CCCN(C(=O)c2c[nH]c(=O)c(Cl)c2)C1. The highest BCUT2D eigenvalue weighted by Gasteiger charge is 2.28. The van der Waals surface area contributed by atoms with Crippen LogP contribution in [0.1, 0.15) is 41.9 Å². The number of halogens is 1. The summed E-state index contributed by atoms with van der Waals surface area (Å²) >= 11 is 5.82. The fraction of sp³-hybridized carbons (Fsp3) is 0.438. The highest BCUT2D eigenvalue weighted by molar-refractivity contribution is 6.30. The summed E-state index contributed by atoms with van der Waals surface area (Å²) in [6, 6.07) is 1.43. The maximum Gasteiger partial charge on any atom is 0.266 e. The van der Waals surface area contributed by atoms with Gasteiger partial charge in [0.25, 0.3) is 11.5 Å². The number of hydrogen-bond donors (Lipinski definition) is 1. The number of nitrogens with one attached hydrogen (secondary N) is 1. The Morgan fingerprint density at radius 2 is 2.35 bits per heavy atom. The number of aromatic nitrogens is 3. The Labute approximate surface area is 139 Å². The van der Waals surface area contributed by atoms with Crippen LogP contribution >= 0.6 is 11.6 Å². The van der Waals surface area contributed by atoms with Crippen LogP contribution in [0.15, 0.2) is 29.5 Å². The number of aromatic amines is 1. The number of aryl methyl sites for hydroxylation is 1. The Hall–Kier alpha value is -2.08. The first-order valence-corrected chi connectivity index (χ1v) is 8.16. The van der Waals surface area contributed by atoms with E-state index in [1.165, 1.54) is 12.3 Å². The van der Waals surface area contributed by atoms with E-state index in [-0.39, 0.29) is 22.4 Å². The van der Waals surface area contributed by atoms with Gasteiger partial charge in [0.05, 0.1) is 5.56 Å². The largest absolute Gasteiger partial charge is 0.338 e. The van der Waals surface area contributed by atoms with Crippen molar-refractivity contribution in [3.05, 3.63) is 51.4 Å². The molecular formula is C16H19ClN4O2. The summed E-state index contributed by atoms with van der Waals surface area (Å²) in [5.41, 5.74) is 0.0267. The molecule has 2 aromatic heterocycles. The number of amides is 1. The number of hydrogen-bond acceptors (Lipinski definition) is 3. The van der Waals surface area contributed by atoms with Gasteiger partial charge >= 0.3 is 0 Å². The van der Waals surface area contributed by atoms with E-state index in [4.69, 9.17) is 11.6 Å². The first kappa shape index (κ1) is 15.8. The molecule has 7 heteroatoms. The van der Waals surface area contributed by atoms with E-state index >= 15 is 0 Å². The molecule has 0 spiro atoms. The van der Waals surface area contributed by atoms with Gasteiger partial charge in [0.15, 0.2) is 0 Å². The third kappa shape index (κ3) is 3.17. The smallest absolute Gasteiger partial charge is 0.266 e. The fourth-order valence-electron chi connectivity index (χ4n) is 3.08. The third-order valence-electron chi connectivity index (χ3n) is 4.27. The summed E-state index contributed by atoms with van der Waals surface area (Å²) < 4.78 is 2.12. The molecule has 1 unspecified atom stereocenters. The number of rotatable bonds is 3. The van der Waals surface area contributed by atoms with Crippen molar-refractivity contribution in [1.82, 2.24) is 19.4 Å². The minimum atomic E-state index is -0.385. The van der Waals surface area contributed by atoms with E-state index in [9.17, 15) is 9.59 Å². The lowest BCUT2D eigenvalue weighted by atomic mass is 9.96. The molecule has 0 radical (unpaired) electrons. The Morgan fingerprint density at radius 3 is 3.09 bits per heavy atom. The van der Waals surface area contributed by atoms with Gasteiger partial charge < -0.3 is 14.5 Å². The van der Waals surface area contributed by atoms with Gasteiger partial charge in [-0.05, 0) is 25.8 Å². The van der Waals surface area contributed by atoms with E-state index < -0.39 is 0 Å². The second-order valence-corrected chi connectivity index (χ2v) is 6.13. The predicted molar refractivity (Wildman–Crippen MR) is 87.9 cm³/mol. The molecule has 0 aromatic carbocycles. The lowest BCUT2D eigenvalue weighted by molar-refractivity contribution is 0.0703. The molecule has 6 nitrogen and oxygen atoms in total. The first-order valence-electron chi connectivity index (χ1n) is 7.78. The molecule has 1 saturated heterocycles. The molecule has 0 bridgehead atoms. The van der Waals surface area contributed by atoms with Crippen LogP contribution in [-0.4, -0.2) is 38.4 Å². The first-order chi connectivity index (χ1) is 11.1. The molecule has 1 atom stereocenters. The zero-order valence-corrected chi connectivity index (χ0v) is 13.7. The Kier molecular flexibility index (Phi) is 4.52. The summed E-state index contributed by atoms with van der Waals surface area (Å²) in [5, 5.41) is 0.0333. The van der Waals surface area contributed by atoms with Crippen LogP contribution in [-0.2, 0) is 6.54 Å². The summed E-state index contributed by atoms with van der Waals surface area (Å²) in [6.07, 6.45) is 7.16. The van der Waals surface area contributed by atoms with E-state index in [2.05, 4.69) is 21.5 Å². The quantitative estimate of drug-likeness (QED) is 0.936. The highest BCUT2D eigenvalue weighted by Crippen LogP contribution is 2.26. The van der Waals surface area contributed by atoms with Crippen molar-refractivity contribution in [3.8, 4) is 0 Å². The number of H-pyrrole nitrogens is 1. The second kappa shape index (κ2) is 6.58. The number of piperidine rings is 1. The minimum absolute atomic E-state index is 0.0333. The topological polar surface area (TPSA) is 71.0 Å². The number of carbonyl (C=O) groups is 1. The van der Waals surface area contributed by atoms with Gasteiger partial charge in [-0.15, -0.1) is 0 Å². The molecule has 1 amide bonds. The molecule has 2 aromatic rings. The lowest BCUT2D eigenvalue weighted by Gasteiger charge is -2.32. The van der Waals surface area contributed by atoms with E-state index in [1.54, 1.807) is 6.20 Å². The standard InChI is InChI=1S/C16H19ClN4O2/c1-2-20-7-5-18-14(20)11-4-3-6-21(10-11)16(23)12-8-13(17)15(22)19-9-12/h5,7-9,11H,2-4,6,10H2,1H3,(H,19,22). The molecule has 3 heterocycles. The average Bonchev–Trinajstić information content (AvgIpc) is 3.05. The number of carbonyl (C=O) groups excluding carboxylic acids is 1. The molecule has 0 aliphatic carbocycles. The van der Waals surface area contributed by atoms with Crippen LogP contribution in [0.4, 0.5) is 0 Å². The zero-order chi connectivity index (χ0) is 16.4. The molecule has 1 aliphatic rings. The third-order valence-corrected chi connectivity index (χ3v) is 4.55. The summed E-state index contributed by atoms with van der Waals surface area (Å²) in [5.74, 6) is 1.16. The molecule has 1 N–H and O–H groups in total. The summed E-state index contributed by atoms with van der Waals surface area (Å²) in [7, 11) is 0. The highest BCUT2D eigenvalue weighted by atomic mass is 35.5. The van der Waals surface area contributed by atoms with Gasteiger partial charge in [-0.1, -0.05) is 11.6 Å². The molecule has 0 saturated carbocycles. The lowest BCUT2D eigenvalue weighted by Crippen LogP contribution is -2.40. The molecule has 1 aliphatic heterocycles. The van der Waals surface area contributed by atoms with Gasteiger partial charge in [0.2, 0.25) is 0 Å². The summed E-state index contributed by atoms with van der Waals surface area (Å²) in [6.45, 7) is 4.29. The van der Waals surface area contributed by atoms with Gasteiger partial charge in [-0.2, -0.15) is 0 Å². The number of imidazole rings is 1. The van der Waals surface area contributed by atoms with Crippen LogP contribution in [0.25, 0.3) is 0 Å². The van der Waals surface area contributed by atoms with Gasteiger partial charge in [0, 0.05) is 44.1 Å². The van der Waals surface area contributed by atoms with Crippen LogP contribution in [0.5, 0.6) is 0 Å². The molecule has 3 rings (SSSR count). The molecule has 1 fully saturated rings. The van der Waals surface area contributed by atoms with E-state index in [1.807, 2.05) is 11.1 Å². The van der Waals surface area contributed by atoms with E-state index in [0.29, 0.717) is 18.7 Å². The van der Waals surface area contributed by atoms with Crippen molar-refractivity contribution in [3.63, 3.8) is 0 Å². The van der Waals surface area contributed by atoms with Gasteiger partial charge in [-0.25, -0.2) is 4.98 Å². The van der Waals surface area contributed by atoms with Crippen LogP contribution < -0.4 is 5.56 Å². The maximum absolute atomic E-state index is 12.7. The summed E-state index contributed by atoms with van der Waals surface area (Å²) in [4.78, 5) is 32.7. The molecule has 122 valence electrons. The normalized spacial score (nSPS) is 18.2. The minimum Gasteiger partial charge on any atom is -0.338 e. The average molecular weight is 335 g/mol. The van der Waals surface area contributed by atoms with Gasteiger partial charge in [-0.3, -0.25) is 9.59 Å². The number of nitrogens with zero attached hydrogens (tertiary/aromatic N) is 3. The maximum atomic E-state index is 12.7. The van der Waals surface area contributed by atoms with Crippen molar-refractivity contribution in [2.24, 2.45) is 0 Å². The zero-order valence-electron chi connectivity index (χ0n) is 13.0. The Balaban J connectivity index is 1.79. The Morgan fingerprint density at radius 1 is 1.52 bits per heavy atom. The van der Waals surface area contributed by atoms with Crippen molar-refractivity contribution in [1.29, 1.82) is 0 Å². The van der Waals surface area contributed by atoms with Crippen LogP contribution in [0, 0.1) is 0 Å². The van der Waals surface area contributed by atoms with Gasteiger partial charge in [0.1, 0.15) is 10.8 Å². The Bertz CT molecular complexity index is 767. The number of pyridine rings is 1. The van der Waals surface area contributed by atoms with E-state index in [0.717, 1.165) is 25.2 Å². The van der Waals surface area contributed by atoms with Crippen molar-refractivity contribution in [2.75, 3.05) is 13.1 Å². The van der Waals surface area contributed by atoms with Crippen LogP contribution in [0.3, 0.4) is 0 Å². The fourth-order valence-corrected chi connectivity index (χ4v) is 3.25. The molecular weight excluding hydrogens is 316 g/mol. The van der Waals surface area contributed by atoms with Crippen LogP contribution in [0.2, 0.25) is 5.02 Å². The second-order valence-electron chi connectivity index (χ2n) is 5.73. The van der Waals surface area contributed by atoms with Crippen molar-refractivity contribution < 1.29 is 4.79 Å². The predicted octanol–water partition coefficient (Wildman–Crippen LogP) is 2.26. The number of likely N-dealkylation sites (tertiary alicyclic amines) is 1.